The number of thiophene rings is 1. The molecule has 1 aromatic carbocycles. The van der Waals surface area contributed by atoms with Gasteiger partial charge in [-0.25, -0.2) is 9.67 Å². The minimum Gasteiger partial charge on any atom is -0.347 e. The van der Waals surface area contributed by atoms with E-state index in [9.17, 15) is 4.79 Å². The summed E-state index contributed by atoms with van der Waals surface area (Å²) in [6, 6.07) is 13.6. The summed E-state index contributed by atoms with van der Waals surface area (Å²) >= 11 is 8.15. The van der Waals surface area contributed by atoms with Crippen molar-refractivity contribution in [3.63, 3.8) is 0 Å². The van der Waals surface area contributed by atoms with Crippen molar-refractivity contribution in [2.45, 2.75) is 13.5 Å². The number of hydrogen-bond donors (Lipinski definition) is 1. The number of rotatable bonds is 4. The second-order valence-electron chi connectivity index (χ2n) is 5.78. The average Bonchev–Trinajstić information content (AvgIpc) is 3.29. The zero-order chi connectivity index (χ0) is 18.1. The number of carbonyl (C=O) groups excluding carboxylic acids is 1. The lowest BCUT2D eigenvalue weighted by Crippen LogP contribution is -2.23. The SMILES string of the molecule is Cc1nn(-c2ccccc2)c2ncc(C(=O)NCc3cccs3)c(Cl)c12. The van der Waals surface area contributed by atoms with Crippen LogP contribution in [0.15, 0.2) is 54.0 Å². The monoisotopic (exact) mass is 382 g/mol. The zero-order valence-corrected chi connectivity index (χ0v) is 15.5. The Balaban J connectivity index is 1.71. The summed E-state index contributed by atoms with van der Waals surface area (Å²) in [7, 11) is 0. The average molecular weight is 383 g/mol. The fourth-order valence-corrected chi connectivity index (χ4v) is 3.79. The number of fused-ring (bicyclic) bond motifs is 1. The van der Waals surface area contributed by atoms with Crippen molar-refractivity contribution in [2.24, 2.45) is 0 Å². The van der Waals surface area contributed by atoms with Gasteiger partial charge in [-0.1, -0.05) is 35.9 Å². The van der Waals surface area contributed by atoms with E-state index in [2.05, 4.69) is 15.4 Å². The Labute approximate surface area is 159 Å². The first-order valence-electron chi connectivity index (χ1n) is 8.05. The van der Waals surface area contributed by atoms with Gasteiger partial charge in [-0.2, -0.15) is 5.10 Å². The molecule has 130 valence electrons. The minimum absolute atomic E-state index is 0.246. The molecule has 0 aliphatic carbocycles. The molecule has 0 fully saturated rings. The first-order chi connectivity index (χ1) is 12.6. The molecule has 0 spiro atoms. The van der Waals surface area contributed by atoms with Crippen LogP contribution >= 0.6 is 22.9 Å². The lowest BCUT2D eigenvalue weighted by molar-refractivity contribution is 0.0951. The quantitative estimate of drug-likeness (QED) is 0.570. The minimum atomic E-state index is -0.246. The molecule has 7 heteroatoms. The maximum absolute atomic E-state index is 12.5. The van der Waals surface area contributed by atoms with E-state index in [0.717, 1.165) is 16.3 Å². The predicted octanol–water partition coefficient (Wildman–Crippen LogP) is 4.37. The van der Waals surface area contributed by atoms with E-state index in [-0.39, 0.29) is 5.91 Å². The summed E-state index contributed by atoms with van der Waals surface area (Å²) in [5, 5.41) is 10.5. The molecule has 0 radical (unpaired) electrons. The first-order valence-corrected chi connectivity index (χ1v) is 9.30. The van der Waals surface area contributed by atoms with Gasteiger partial charge in [0.1, 0.15) is 0 Å². The Bertz CT molecular complexity index is 1070. The number of para-hydroxylation sites is 1. The summed E-state index contributed by atoms with van der Waals surface area (Å²) in [5.41, 5.74) is 2.61. The van der Waals surface area contributed by atoms with Crippen molar-refractivity contribution >= 4 is 39.9 Å². The van der Waals surface area contributed by atoms with Crippen LogP contribution in [0.5, 0.6) is 0 Å². The van der Waals surface area contributed by atoms with E-state index in [4.69, 9.17) is 11.6 Å². The van der Waals surface area contributed by atoms with Crippen LogP contribution in [0.4, 0.5) is 0 Å². The zero-order valence-electron chi connectivity index (χ0n) is 13.9. The van der Waals surface area contributed by atoms with Crippen molar-refractivity contribution < 1.29 is 4.79 Å². The van der Waals surface area contributed by atoms with Gasteiger partial charge in [0.05, 0.1) is 33.9 Å². The Morgan fingerprint density at radius 1 is 1.23 bits per heavy atom. The first kappa shape index (κ1) is 16.8. The molecule has 1 N–H and O–H groups in total. The fraction of sp³-hybridized carbons (Fsp3) is 0.105. The standard InChI is InChI=1S/C19H15ClN4OS/c1-12-16-17(20)15(19(25)22-10-14-8-5-9-26-14)11-21-18(16)24(23-12)13-6-3-2-4-7-13/h2-9,11H,10H2,1H3,(H,22,25). The van der Waals surface area contributed by atoms with Crippen LogP contribution in [0.25, 0.3) is 16.7 Å². The van der Waals surface area contributed by atoms with Crippen molar-refractivity contribution in [2.75, 3.05) is 0 Å². The third kappa shape index (κ3) is 2.98. The highest BCUT2D eigenvalue weighted by atomic mass is 35.5. The topological polar surface area (TPSA) is 59.8 Å². The number of hydrogen-bond acceptors (Lipinski definition) is 4. The predicted molar refractivity (Wildman–Crippen MR) is 104 cm³/mol. The molecule has 3 aromatic heterocycles. The van der Waals surface area contributed by atoms with Gasteiger partial charge in [-0.15, -0.1) is 11.3 Å². The van der Waals surface area contributed by atoms with E-state index >= 15 is 0 Å². The molecule has 3 heterocycles. The number of benzene rings is 1. The summed E-state index contributed by atoms with van der Waals surface area (Å²) in [6.45, 7) is 2.33. The Morgan fingerprint density at radius 2 is 2.04 bits per heavy atom. The van der Waals surface area contributed by atoms with Crippen LogP contribution in [-0.2, 0) is 6.54 Å². The molecule has 0 aliphatic heterocycles. The van der Waals surface area contributed by atoms with Gasteiger partial charge in [0.25, 0.3) is 5.91 Å². The van der Waals surface area contributed by atoms with Crippen LogP contribution in [-0.4, -0.2) is 20.7 Å². The van der Waals surface area contributed by atoms with Gasteiger partial charge >= 0.3 is 0 Å². The van der Waals surface area contributed by atoms with Gasteiger partial charge in [-0.3, -0.25) is 4.79 Å². The van der Waals surface area contributed by atoms with E-state index in [1.54, 1.807) is 16.0 Å². The van der Waals surface area contributed by atoms with E-state index in [0.29, 0.717) is 28.2 Å². The smallest absolute Gasteiger partial charge is 0.254 e. The molecular weight excluding hydrogens is 368 g/mol. The largest absolute Gasteiger partial charge is 0.347 e. The third-order valence-corrected chi connectivity index (χ3v) is 5.33. The lowest BCUT2D eigenvalue weighted by Gasteiger charge is -2.07. The third-order valence-electron chi connectivity index (χ3n) is 4.06. The van der Waals surface area contributed by atoms with E-state index in [1.807, 2.05) is 54.8 Å². The molecule has 0 aliphatic rings. The number of pyridine rings is 1. The van der Waals surface area contributed by atoms with Gasteiger partial charge in [0.2, 0.25) is 0 Å². The molecule has 0 atom stereocenters. The molecule has 0 unspecified atom stereocenters. The van der Waals surface area contributed by atoms with E-state index in [1.165, 1.54) is 6.20 Å². The van der Waals surface area contributed by atoms with Gasteiger partial charge in [0.15, 0.2) is 5.65 Å². The maximum Gasteiger partial charge on any atom is 0.254 e. The summed E-state index contributed by atoms with van der Waals surface area (Å²) in [6.07, 6.45) is 1.51. The molecule has 26 heavy (non-hydrogen) atoms. The molecule has 0 saturated carbocycles. The summed E-state index contributed by atoms with van der Waals surface area (Å²) in [5.74, 6) is -0.246. The van der Waals surface area contributed by atoms with Crippen LogP contribution in [0.3, 0.4) is 0 Å². The van der Waals surface area contributed by atoms with Crippen LogP contribution < -0.4 is 5.32 Å². The number of aromatic nitrogens is 3. The molecule has 4 rings (SSSR count). The number of amides is 1. The highest BCUT2D eigenvalue weighted by Crippen LogP contribution is 2.30. The second kappa shape index (κ2) is 6.90. The van der Waals surface area contributed by atoms with Crippen molar-refractivity contribution in [1.29, 1.82) is 0 Å². The number of carbonyl (C=O) groups is 1. The fourth-order valence-electron chi connectivity index (χ4n) is 2.79. The normalized spacial score (nSPS) is 11.0. The molecule has 5 nitrogen and oxygen atoms in total. The Kier molecular flexibility index (Phi) is 4.44. The second-order valence-corrected chi connectivity index (χ2v) is 7.19. The molecule has 1 amide bonds. The van der Waals surface area contributed by atoms with Crippen LogP contribution in [0.1, 0.15) is 20.9 Å². The number of nitrogens with zero attached hydrogens (tertiary/aromatic N) is 3. The van der Waals surface area contributed by atoms with E-state index < -0.39 is 0 Å². The molecule has 0 saturated heterocycles. The van der Waals surface area contributed by atoms with Crippen LogP contribution in [0.2, 0.25) is 5.02 Å². The Morgan fingerprint density at radius 3 is 2.77 bits per heavy atom. The van der Waals surface area contributed by atoms with Crippen LogP contribution in [0, 0.1) is 6.92 Å². The molecule has 0 bridgehead atoms. The van der Waals surface area contributed by atoms with Gasteiger partial charge < -0.3 is 5.32 Å². The molecular formula is C19H15ClN4OS. The number of aryl methyl sites for hydroxylation is 1. The number of nitrogens with one attached hydrogen (secondary N) is 1. The van der Waals surface area contributed by atoms with Crippen molar-refractivity contribution in [3.8, 4) is 5.69 Å². The van der Waals surface area contributed by atoms with Crippen molar-refractivity contribution in [3.05, 3.63) is 75.2 Å². The lowest BCUT2D eigenvalue weighted by atomic mass is 10.2. The van der Waals surface area contributed by atoms with Gasteiger partial charge in [-0.05, 0) is 30.5 Å². The Hall–Kier alpha value is -2.70. The maximum atomic E-state index is 12.5. The van der Waals surface area contributed by atoms with Crippen molar-refractivity contribution in [1.82, 2.24) is 20.1 Å². The highest BCUT2D eigenvalue weighted by Gasteiger charge is 2.19. The molecule has 4 aromatic rings. The summed E-state index contributed by atoms with van der Waals surface area (Å²) < 4.78 is 1.74. The number of halogens is 1. The highest BCUT2D eigenvalue weighted by molar-refractivity contribution is 7.09. The van der Waals surface area contributed by atoms with Gasteiger partial charge in [0, 0.05) is 11.1 Å². The summed E-state index contributed by atoms with van der Waals surface area (Å²) in [4.78, 5) is 18.1.